The Labute approximate surface area is 120 Å². The van der Waals surface area contributed by atoms with Crippen molar-refractivity contribution < 1.29 is 9.84 Å². The first-order valence-corrected chi connectivity index (χ1v) is 8.06. The van der Waals surface area contributed by atoms with Crippen LogP contribution in [-0.4, -0.2) is 37.5 Å². The molecule has 0 rings (SSSR count). The van der Waals surface area contributed by atoms with Crippen molar-refractivity contribution in [2.75, 3.05) is 26.3 Å². The van der Waals surface area contributed by atoms with E-state index in [0.717, 1.165) is 19.6 Å². The van der Waals surface area contributed by atoms with Gasteiger partial charge in [-0.1, -0.05) is 47.0 Å². The number of hydrogen-bond donors (Lipinski definition) is 2. The van der Waals surface area contributed by atoms with Gasteiger partial charge in [0.05, 0.1) is 12.7 Å². The van der Waals surface area contributed by atoms with E-state index in [2.05, 4.69) is 33.0 Å². The van der Waals surface area contributed by atoms with Gasteiger partial charge in [-0.15, -0.1) is 0 Å². The van der Waals surface area contributed by atoms with Crippen LogP contribution in [0.15, 0.2) is 0 Å². The highest BCUT2D eigenvalue weighted by molar-refractivity contribution is 4.61. The number of rotatable bonds is 13. The summed E-state index contributed by atoms with van der Waals surface area (Å²) in [7, 11) is 0. The lowest BCUT2D eigenvalue weighted by Crippen LogP contribution is -2.32. The maximum absolute atomic E-state index is 9.79. The molecule has 0 heterocycles. The van der Waals surface area contributed by atoms with E-state index in [4.69, 9.17) is 4.74 Å². The lowest BCUT2D eigenvalue weighted by molar-refractivity contribution is 0.0193. The molecule has 0 aromatic carbocycles. The second-order valence-electron chi connectivity index (χ2n) is 5.99. The van der Waals surface area contributed by atoms with Crippen molar-refractivity contribution >= 4 is 0 Å². The van der Waals surface area contributed by atoms with Gasteiger partial charge in [0.2, 0.25) is 0 Å². The van der Waals surface area contributed by atoms with Crippen LogP contribution >= 0.6 is 0 Å². The monoisotopic (exact) mass is 273 g/mol. The summed E-state index contributed by atoms with van der Waals surface area (Å²) in [6, 6.07) is 0. The Balaban J connectivity index is 3.47. The van der Waals surface area contributed by atoms with Crippen LogP contribution in [0.25, 0.3) is 0 Å². The average Bonchev–Trinajstić information content (AvgIpc) is 2.38. The van der Waals surface area contributed by atoms with Crippen molar-refractivity contribution in [2.45, 2.75) is 65.9 Å². The summed E-state index contributed by atoms with van der Waals surface area (Å²) in [5.74, 6) is 1.37. The second kappa shape index (κ2) is 12.9. The molecule has 2 unspecified atom stereocenters. The van der Waals surface area contributed by atoms with E-state index in [1.165, 1.54) is 25.7 Å². The van der Waals surface area contributed by atoms with Crippen LogP contribution < -0.4 is 5.32 Å². The normalized spacial score (nSPS) is 14.8. The van der Waals surface area contributed by atoms with Crippen molar-refractivity contribution in [2.24, 2.45) is 11.8 Å². The molecule has 2 atom stereocenters. The minimum atomic E-state index is -0.379. The Morgan fingerprint density at radius 2 is 1.84 bits per heavy atom. The van der Waals surface area contributed by atoms with Gasteiger partial charge in [-0.25, -0.2) is 0 Å². The third-order valence-electron chi connectivity index (χ3n) is 3.49. The molecular weight excluding hydrogens is 238 g/mol. The van der Waals surface area contributed by atoms with Crippen molar-refractivity contribution in [3.05, 3.63) is 0 Å². The number of nitrogens with one attached hydrogen (secondary N) is 1. The topological polar surface area (TPSA) is 41.5 Å². The minimum absolute atomic E-state index is 0.379. The lowest BCUT2D eigenvalue weighted by Gasteiger charge is -2.17. The highest BCUT2D eigenvalue weighted by atomic mass is 16.5. The van der Waals surface area contributed by atoms with E-state index < -0.39 is 0 Å². The van der Waals surface area contributed by atoms with Gasteiger partial charge < -0.3 is 15.2 Å². The molecule has 0 aliphatic carbocycles. The fourth-order valence-electron chi connectivity index (χ4n) is 1.99. The zero-order valence-electron chi connectivity index (χ0n) is 13.5. The molecule has 0 fully saturated rings. The Morgan fingerprint density at radius 1 is 1.11 bits per heavy atom. The van der Waals surface area contributed by atoms with Crippen LogP contribution in [0.1, 0.15) is 59.8 Å². The molecule has 0 aromatic rings. The first kappa shape index (κ1) is 18.9. The minimum Gasteiger partial charge on any atom is -0.389 e. The first-order chi connectivity index (χ1) is 9.10. The van der Waals surface area contributed by atoms with E-state index in [1.54, 1.807) is 0 Å². The summed E-state index contributed by atoms with van der Waals surface area (Å²) in [5, 5.41) is 13.1. The summed E-state index contributed by atoms with van der Waals surface area (Å²) in [6.07, 6.45) is 5.72. The highest BCUT2D eigenvalue weighted by Crippen LogP contribution is 2.12. The van der Waals surface area contributed by atoms with Gasteiger partial charge in [-0.05, 0) is 31.2 Å². The van der Waals surface area contributed by atoms with E-state index in [1.807, 2.05) is 0 Å². The molecule has 0 saturated heterocycles. The zero-order valence-corrected chi connectivity index (χ0v) is 13.5. The lowest BCUT2D eigenvalue weighted by atomic mass is 10.0. The molecule has 0 aliphatic heterocycles. The molecule has 0 saturated carbocycles. The summed E-state index contributed by atoms with van der Waals surface area (Å²) >= 11 is 0. The molecule has 2 N–H and O–H groups in total. The molecule has 19 heavy (non-hydrogen) atoms. The van der Waals surface area contributed by atoms with Crippen molar-refractivity contribution in [1.82, 2.24) is 5.32 Å². The Kier molecular flexibility index (Phi) is 12.8. The smallest absolute Gasteiger partial charge is 0.0897 e. The number of aliphatic hydroxyl groups is 1. The van der Waals surface area contributed by atoms with Crippen LogP contribution in [0.5, 0.6) is 0 Å². The van der Waals surface area contributed by atoms with E-state index in [9.17, 15) is 5.11 Å². The summed E-state index contributed by atoms with van der Waals surface area (Å²) in [5.41, 5.74) is 0. The molecule has 3 nitrogen and oxygen atoms in total. The van der Waals surface area contributed by atoms with Gasteiger partial charge in [-0.2, -0.15) is 0 Å². The summed E-state index contributed by atoms with van der Waals surface area (Å²) < 4.78 is 5.63. The van der Waals surface area contributed by atoms with Gasteiger partial charge in [-0.3, -0.25) is 0 Å². The van der Waals surface area contributed by atoms with Crippen LogP contribution in [-0.2, 0) is 4.74 Å². The summed E-state index contributed by atoms with van der Waals surface area (Å²) in [6.45, 7) is 11.7. The van der Waals surface area contributed by atoms with Crippen molar-refractivity contribution in [3.63, 3.8) is 0 Å². The van der Waals surface area contributed by atoms with Gasteiger partial charge in [0.1, 0.15) is 0 Å². The summed E-state index contributed by atoms with van der Waals surface area (Å²) in [4.78, 5) is 0. The molecule has 0 aromatic heterocycles. The van der Waals surface area contributed by atoms with E-state index >= 15 is 0 Å². The van der Waals surface area contributed by atoms with E-state index in [0.29, 0.717) is 25.0 Å². The van der Waals surface area contributed by atoms with Crippen LogP contribution in [0.2, 0.25) is 0 Å². The van der Waals surface area contributed by atoms with Crippen molar-refractivity contribution in [1.29, 1.82) is 0 Å². The number of ether oxygens (including phenoxy) is 1. The highest BCUT2D eigenvalue weighted by Gasteiger charge is 2.08. The largest absolute Gasteiger partial charge is 0.389 e. The molecule has 0 radical (unpaired) electrons. The Bertz CT molecular complexity index is 186. The van der Waals surface area contributed by atoms with Gasteiger partial charge in [0, 0.05) is 13.2 Å². The van der Waals surface area contributed by atoms with Gasteiger partial charge in [0.25, 0.3) is 0 Å². The third-order valence-corrected chi connectivity index (χ3v) is 3.49. The number of hydrogen-bond acceptors (Lipinski definition) is 3. The number of unbranched alkanes of at least 4 members (excludes halogenated alkanes) is 1. The zero-order chi connectivity index (χ0) is 14.5. The standard InChI is InChI=1S/C16H35NO2/c1-5-7-8-15(6-2)12-19-13-16(18)11-17-10-9-14(3)4/h14-18H,5-13H2,1-4H3. The SMILES string of the molecule is CCCCC(CC)COCC(O)CNCCC(C)C. The second-order valence-corrected chi connectivity index (χ2v) is 5.99. The average molecular weight is 273 g/mol. The maximum Gasteiger partial charge on any atom is 0.0897 e. The van der Waals surface area contributed by atoms with Gasteiger partial charge in [0.15, 0.2) is 0 Å². The quantitative estimate of drug-likeness (QED) is 0.506. The van der Waals surface area contributed by atoms with Crippen LogP contribution in [0.4, 0.5) is 0 Å². The molecule has 0 aliphatic rings. The third kappa shape index (κ3) is 12.6. The molecule has 0 amide bonds. The predicted octanol–water partition coefficient (Wildman–Crippen LogP) is 3.22. The predicted molar refractivity (Wildman–Crippen MR) is 82.5 cm³/mol. The number of aliphatic hydroxyl groups excluding tert-OH is 1. The molecule has 3 heteroatoms. The first-order valence-electron chi connectivity index (χ1n) is 8.06. The molecular formula is C16H35NO2. The molecule has 116 valence electrons. The van der Waals surface area contributed by atoms with Crippen molar-refractivity contribution in [3.8, 4) is 0 Å². The van der Waals surface area contributed by atoms with Crippen LogP contribution in [0.3, 0.4) is 0 Å². The fraction of sp³-hybridized carbons (Fsp3) is 1.00. The van der Waals surface area contributed by atoms with Crippen LogP contribution in [0, 0.1) is 11.8 Å². The van der Waals surface area contributed by atoms with E-state index in [-0.39, 0.29) is 6.10 Å². The molecule has 0 spiro atoms. The Hall–Kier alpha value is -0.120. The Morgan fingerprint density at radius 3 is 2.42 bits per heavy atom. The molecule has 0 bridgehead atoms. The van der Waals surface area contributed by atoms with Gasteiger partial charge >= 0.3 is 0 Å². The maximum atomic E-state index is 9.79. The fourth-order valence-corrected chi connectivity index (χ4v) is 1.99.